The zero-order valence-electron chi connectivity index (χ0n) is 11.9. The van der Waals surface area contributed by atoms with Crippen LogP contribution >= 0.6 is 22.9 Å². The molecular weight excluding hydrogens is 298 g/mol. The number of aryl methyl sites for hydroxylation is 2. The summed E-state index contributed by atoms with van der Waals surface area (Å²) in [5, 5.41) is 0.740. The molecule has 20 heavy (non-hydrogen) atoms. The van der Waals surface area contributed by atoms with Crippen molar-refractivity contribution in [2.45, 2.75) is 51.0 Å². The lowest BCUT2D eigenvalue weighted by Gasteiger charge is -2.18. The summed E-state index contributed by atoms with van der Waals surface area (Å²) in [7, 11) is 1.65. The summed E-state index contributed by atoms with van der Waals surface area (Å²) in [5.41, 5.74) is 0.584. The standard InChI is InChI=1S/C14H20ClNO3S/c1-9(15)19-13(17)8-10-4-3-5-12-11(7-6-10)16-14(18-2)20-12/h9-10H,3-8H2,1-2H3. The van der Waals surface area contributed by atoms with Crippen LogP contribution in [0.25, 0.3) is 0 Å². The number of alkyl halides is 1. The molecule has 1 aliphatic carbocycles. The van der Waals surface area contributed by atoms with E-state index < -0.39 is 5.56 Å². The van der Waals surface area contributed by atoms with Gasteiger partial charge in [-0.25, -0.2) is 4.98 Å². The molecule has 0 saturated carbocycles. The molecule has 0 fully saturated rings. The molecule has 112 valence electrons. The third-order valence-electron chi connectivity index (χ3n) is 3.49. The van der Waals surface area contributed by atoms with Crippen molar-refractivity contribution in [3.63, 3.8) is 0 Å². The van der Waals surface area contributed by atoms with E-state index in [1.165, 1.54) is 4.88 Å². The zero-order valence-corrected chi connectivity index (χ0v) is 13.4. The number of methoxy groups -OCH3 is 1. The molecule has 2 atom stereocenters. The minimum Gasteiger partial charge on any atom is -0.473 e. The molecule has 0 amide bonds. The zero-order chi connectivity index (χ0) is 14.5. The smallest absolute Gasteiger partial charge is 0.307 e. The Morgan fingerprint density at radius 1 is 1.50 bits per heavy atom. The van der Waals surface area contributed by atoms with Crippen LogP contribution in [0, 0.1) is 5.92 Å². The first-order valence-corrected chi connectivity index (χ1v) is 8.20. The van der Waals surface area contributed by atoms with Gasteiger partial charge in [-0.3, -0.25) is 4.79 Å². The van der Waals surface area contributed by atoms with Gasteiger partial charge in [0, 0.05) is 11.3 Å². The first kappa shape index (κ1) is 15.6. The maximum Gasteiger partial charge on any atom is 0.307 e. The molecule has 0 bridgehead atoms. The van der Waals surface area contributed by atoms with E-state index >= 15 is 0 Å². The molecule has 2 rings (SSSR count). The summed E-state index contributed by atoms with van der Waals surface area (Å²) in [6.07, 6.45) is 5.47. The Hall–Kier alpha value is -0.810. The van der Waals surface area contributed by atoms with Crippen molar-refractivity contribution in [2.75, 3.05) is 7.11 Å². The summed E-state index contributed by atoms with van der Waals surface area (Å²) < 4.78 is 10.2. The van der Waals surface area contributed by atoms with E-state index in [1.807, 2.05) is 0 Å². The second-order valence-electron chi connectivity index (χ2n) is 5.09. The number of hydrogen-bond donors (Lipinski definition) is 0. The van der Waals surface area contributed by atoms with Gasteiger partial charge in [0.05, 0.1) is 12.8 Å². The highest BCUT2D eigenvalue weighted by Crippen LogP contribution is 2.32. The molecule has 0 saturated heterocycles. The summed E-state index contributed by atoms with van der Waals surface area (Å²) in [6, 6.07) is 0. The van der Waals surface area contributed by atoms with Gasteiger partial charge in [-0.15, -0.1) is 0 Å². The van der Waals surface area contributed by atoms with Crippen LogP contribution in [-0.4, -0.2) is 23.6 Å². The van der Waals surface area contributed by atoms with Gasteiger partial charge in [0.25, 0.3) is 5.19 Å². The number of ether oxygens (including phenoxy) is 2. The Bertz CT molecular complexity index is 461. The quantitative estimate of drug-likeness (QED) is 0.629. The molecule has 0 radical (unpaired) electrons. The van der Waals surface area contributed by atoms with Crippen molar-refractivity contribution in [2.24, 2.45) is 5.92 Å². The number of carbonyl (C=O) groups is 1. The first-order chi connectivity index (χ1) is 9.58. The predicted octanol–water partition coefficient (Wildman–Crippen LogP) is 3.55. The molecule has 0 aliphatic heterocycles. The molecule has 1 aliphatic rings. The Kier molecular flexibility index (Phi) is 5.66. The van der Waals surface area contributed by atoms with Gasteiger partial charge in [-0.2, -0.15) is 0 Å². The lowest BCUT2D eigenvalue weighted by molar-refractivity contribution is -0.146. The van der Waals surface area contributed by atoms with Gasteiger partial charge >= 0.3 is 5.97 Å². The summed E-state index contributed by atoms with van der Waals surface area (Å²) >= 11 is 7.31. The van der Waals surface area contributed by atoms with E-state index in [2.05, 4.69) is 4.98 Å². The molecule has 1 aromatic rings. The Labute approximate surface area is 128 Å². The van der Waals surface area contributed by atoms with Crippen LogP contribution in [0.3, 0.4) is 0 Å². The van der Waals surface area contributed by atoms with Gasteiger partial charge in [0.2, 0.25) is 0 Å². The Balaban J connectivity index is 1.92. The highest BCUT2D eigenvalue weighted by atomic mass is 35.5. The number of aromatic nitrogens is 1. The number of nitrogens with zero attached hydrogens (tertiary/aromatic N) is 1. The molecular formula is C14H20ClNO3S. The van der Waals surface area contributed by atoms with E-state index in [0.717, 1.165) is 43.0 Å². The fraction of sp³-hybridized carbons (Fsp3) is 0.714. The highest BCUT2D eigenvalue weighted by Gasteiger charge is 2.21. The first-order valence-electron chi connectivity index (χ1n) is 6.94. The summed E-state index contributed by atoms with van der Waals surface area (Å²) in [6.45, 7) is 1.66. The minimum absolute atomic E-state index is 0.200. The normalized spacial score (nSPS) is 20.4. The number of rotatable bonds is 4. The third-order valence-corrected chi connectivity index (χ3v) is 4.70. The number of thiazole rings is 1. The number of fused-ring (bicyclic) bond motifs is 1. The van der Waals surface area contributed by atoms with Crippen LogP contribution in [-0.2, 0) is 22.4 Å². The van der Waals surface area contributed by atoms with Crippen molar-refractivity contribution in [1.82, 2.24) is 4.98 Å². The highest BCUT2D eigenvalue weighted by molar-refractivity contribution is 7.13. The van der Waals surface area contributed by atoms with Gasteiger partial charge in [0.15, 0.2) is 5.56 Å². The van der Waals surface area contributed by atoms with Crippen LogP contribution in [0.4, 0.5) is 0 Å². The van der Waals surface area contributed by atoms with Crippen molar-refractivity contribution in [3.8, 4) is 5.19 Å². The molecule has 0 spiro atoms. The van der Waals surface area contributed by atoms with Crippen LogP contribution in [0.5, 0.6) is 5.19 Å². The number of carbonyl (C=O) groups excluding carboxylic acids is 1. The van der Waals surface area contributed by atoms with Crippen molar-refractivity contribution < 1.29 is 14.3 Å². The van der Waals surface area contributed by atoms with Gasteiger partial charge in [-0.05, 0) is 44.9 Å². The van der Waals surface area contributed by atoms with E-state index in [0.29, 0.717) is 12.3 Å². The minimum atomic E-state index is -0.550. The largest absolute Gasteiger partial charge is 0.473 e. The second-order valence-corrected chi connectivity index (χ2v) is 6.75. The molecule has 2 unspecified atom stereocenters. The molecule has 0 N–H and O–H groups in total. The second kappa shape index (κ2) is 7.27. The fourth-order valence-corrected chi connectivity index (χ4v) is 3.60. The predicted molar refractivity (Wildman–Crippen MR) is 79.4 cm³/mol. The van der Waals surface area contributed by atoms with Crippen LogP contribution in [0.2, 0.25) is 0 Å². The lowest BCUT2D eigenvalue weighted by atomic mass is 9.90. The monoisotopic (exact) mass is 317 g/mol. The Morgan fingerprint density at radius 2 is 2.30 bits per heavy atom. The van der Waals surface area contributed by atoms with Crippen LogP contribution < -0.4 is 4.74 Å². The third kappa shape index (κ3) is 4.35. The number of hydrogen-bond acceptors (Lipinski definition) is 5. The lowest BCUT2D eigenvalue weighted by Crippen LogP contribution is -2.16. The molecule has 1 heterocycles. The summed E-state index contributed by atoms with van der Waals surface area (Å²) in [4.78, 5) is 17.5. The molecule has 0 aromatic carbocycles. The Morgan fingerprint density at radius 3 is 3.00 bits per heavy atom. The van der Waals surface area contributed by atoms with Gasteiger partial charge < -0.3 is 9.47 Å². The maximum absolute atomic E-state index is 11.7. The molecule has 4 nitrogen and oxygen atoms in total. The molecule has 6 heteroatoms. The van der Waals surface area contributed by atoms with Crippen LogP contribution in [0.1, 0.15) is 43.2 Å². The SMILES string of the molecule is COc1nc2c(s1)CCCC(CC(=O)OC(C)Cl)CC2. The molecule has 1 aromatic heterocycles. The average Bonchev–Trinajstić information content (AvgIpc) is 2.74. The number of esters is 1. The van der Waals surface area contributed by atoms with Gasteiger partial charge in [0.1, 0.15) is 0 Å². The van der Waals surface area contributed by atoms with Gasteiger partial charge in [-0.1, -0.05) is 22.9 Å². The van der Waals surface area contributed by atoms with Crippen molar-refractivity contribution in [1.29, 1.82) is 0 Å². The summed E-state index contributed by atoms with van der Waals surface area (Å²) in [5.74, 6) is 0.160. The average molecular weight is 318 g/mol. The van der Waals surface area contributed by atoms with E-state index in [4.69, 9.17) is 21.1 Å². The fourth-order valence-electron chi connectivity index (χ4n) is 2.54. The van der Waals surface area contributed by atoms with Crippen molar-refractivity contribution in [3.05, 3.63) is 10.6 Å². The topological polar surface area (TPSA) is 48.4 Å². The number of halogens is 1. The van der Waals surface area contributed by atoms with E-state index in [1.54, 1.807) is 25.4 Å². The maximum atomic E-state index is 11.7. The van der Waals surface area contributed by atoms with E-state index in [-0.39, 0.29) is 5.97 Å². The van der Waals surface area contributed by atoms with E-state index in [9.17, 15) is 4.79 Å². The van der Waals surface area contributed by atoms with Crippen molar-refractivity contribution >= 4 is 28.9 Å². The van der Waals surface area contributed by atoms with Crippen LogP contribution in [0.15, 0.2) is 0 Å².